The van der Waals surface area contributed by atoms with Crippen molar-refractivity contribution in [3.63, 3.8) is 0 Å². The quantitative estimate of drug-likeness (QED) is 0.436. The minimum atomic E-state index is 0.132. The zero-order chi connectivity index (χ0) is 14.6. The fourth-order valence-corrected chi connectivity index (χ4v) is 2.68. The molecule has 0 spiro atoms. The lowest BCUT2D eigenvalue weighted by molar-refractivity contribution is 0.391. The van der Waals surface area contributed by atoms with Crippen molar-refractivity contribution in [3.8, 4) is 0 Å². The van der Waals surface area contributed by atoms with Crippen LogP contribution in [0.5, 0.6) is 0 Å². The summed E-state index contributed by atoms with van der Waals surface area (Å²) in [5.74, 6) is 0. The highest BCUT2D eigenvalue weighted by Gasteiger charge is 2.35. The van der Waals surface area contributed by atoms with Gasteiger partial charge in [-0.2, -0.15) is 0 Å². The van der Waals surface area contributed by atoms with Crippen molar-refractivity contribution in [2.75, 3.05) is 27.2 Å². The lowest BCUT2D eigenvalue weighted by Gasteiger charge is -2.37. The van der Waals surface area contributed by atoms with Gasteiger partial charge in [-0.25, -0.2) is 0 Å². The predicted molar refractivity (Wildman–Crippen MR) is 88.6 cm³/mol. The van der Waals surface area contributed by atoms with Gasteiger partial charge in [0.1, 0.15) is 0 Å². The third-order valence-electron chi connectivity index (χ3n) is 3.39. The smallest absolute Gasteiger partial charge is 0.0682 e. The number of nitrogens with zero attached hydrogens (tertiary/aromatic N) is 1. The van der Waals surface area contributed by atoms with Crippen molar-refractivity contribution in [3.05, 3.63) is 23.4 Å². The van der Waals surface area contributed by atoms with Crippen LogP contribution in [0.4, 0.5) is 0 Å². The van der Waals surface area contributed by atoms with Gasteiger partial charge in [0.05, 0.1) is 10.6 Å². The Bertz CT molecular complexity index is 386. The molecule has 0 fully saturated rings. The summed E-state index contributed by atoms with van der Waals surface area (Å²) in [5.41, 5.74) is 3.66. The molecule has 0 aliphatic heterocycles. The van der Waals surface area contributed by atoms with Crippen LogP contribution < -0.4 is 5.32 Å². The lowest BCUT2D eigenvalue weighted by atomic mass is 9.72. The topological polar surface area (TPSA) is 15.3 Å². The van der Waals surface area contributed by atoms with Crippen LogP contribution in [0.2, 0.25) is 0 Å². The first kappa shape index (κ1) is 16.4. The van der Waals surface area contributed by atoms with Crippen molar-refractivity contribution in [2.45, 2.75) is 40.0 Å². The molecule has 0 bridgehead atoms. The second-order valence-electron chi connectivity index (χ2n) is 6.60. The van der Waals surface area contributed by atoms with Gasteiger partial charge in [0.25, 0.3) is 0 Å². The zero-order valence-electron chi connectivity index (χ0n) is 13.1. The van der Waals surface area contributed by atoms with E-state index in [0.717, 1.165) is 17.0 Å². The van der Waals surface area contributed by atoms with E-state index in [1.807, 2.05) is 0 Å². The summed E-state index contributed by atoms with van der Waals surface area (Å²) in [5, 5.41) is 3.51. The van der Waals surface area contributed by atoms with Crippen molar-refractivity contribution in [1.82, 2.24) is 10.2 Å². The Kier molecular flexibility index (Phi) is 5.75. The monoisotopic (exact) mass is 280 g/mol. The summed E-state index contributed by atoms with van der Waals surface area (Å²) in [7, 11) is 4.24. The van der Waals surface area contributed by atoms with E-state index in [1.165, 1.54) is 37.1 Å². The average molecular weight is 280 g/mol. The number of thiocarbonyl (C=S) groups is 1. The Hall–Kier alpha value is -0.670. The molecule has 0 heterocycles. The molecule has 19 heavy (non-hydrogen) atoms. The van der Waals surface area contributed by atoms with Crippen LogP contribution in [0, 0.1) is 5.41 Å². The summed E-state index contributed by atoms with van der Waals surface area (Å²) in [6.07, 6.45) is 3.72. The van der Waals surface area contributed by atoms with Crippen LogP contribution in [0.3, 0.4) is 0 Å². The molecule has 0 amide bonds. The molecule has 0 aromatic heterocycles. The number of nitrogens with one attached hydrogen (secondary N) is 1. The van der Waals surface area contributed by atoms with Crippen molar-refractivity contribution < 1.29 is 0 Å². The molecule has 1 N–H and O–H groups in total. The highest BCUT2D eigenvalue weighted by molar-refractivity contribution is 7.81. The molecule has 3 heteroatoms. The SMILES string of the molecule is C=C1C(=S)C(NCCCCCN(C)C)=C1C(C)(C)C. The van der Waals surface area contributed by atoms with E-state index < -0.39 is 0 Å². The summed E-state index contributed by atoms with van der Waals surface area (Å²) in [6, 6.07) is 0. The van der Waals surface area contributed by atoms with Crippen LogP contribution in [-0.4, -0.2) is 36.9 Å². The van der Waals surface area contributed by atoms with Crippen LogP contribution in [0.1, 0.15) is 40.0 Å². The third kappa shape index (κ3) is 4.43. The van der Waals surface area contributed by atoms with Crippen molar-refractivity contribution >= 4 is 17.1 Å². The maximum atomic E-state index is 5.38. The van der Waals surface area contributed by atoms with Gasteiger partial charge in [-0.1, -0.05) is 46.0 Å². The minimum absolute atomic E-state index is 0.132. The minimum Gasteiger partial charge on any atom is -0.384 e. The molecule has 1 rings (SSSR count). The molecular formula is C16H28N2S. The molecule has 0 atom stereocenters. The van der Waals surface area contributed by atoms with Gasteiger partial charge in [-0.05, 0) is 50.0 Å². The number of unbranched alkanes of at least 4 members (excludes halogenated alkanes) is 2. The Labute approximate surface area is 123 Å². The second kappa shape index (κ2) is 6.67. The predicted octanol–water partition coefficient (Wildman–Crippen LogP) is 3.55. The highest BCUT2D eigenvalue weighted by Crippen LogP contribution is 2.41. The van der Waals surface area contributed by atoms with Gasteiger partial charge in [-0.3, -0.25) is 0 Å². The molecule has 108 valence electrons. The molecule has 0 unspecified atom stereocenters. The summed E-state index contributed by atoms with van der Waals surface area (Å²) in [4.78, 5) is 3.16. The first-order chi connectivity index (χ1) is 8.75. The number of allylic oxidation sites excluding steroid dienone is 2. The van der Waals surface area contributed by atoms with E-state index in [0.29, 0.717) is 0 Å². The number of hydrogen-bond donors (Lipinski definition) is 1. The Morgan fingerprint density at radius 2 is 1.79 bits per heavy atom. The van der Waals surface area contributed by atoms with Crippen molar-refractivity contribution in [2.24, 2.45) is 5.41 Å². The fourth-order valence-electron chi connectivity index (χ4n) is 2.41. The van der Waals surface area contributed by atoms with E-state index in [1.54, 1.807) is 0 Å². The van der Waals surface area contributed by atoms with Gasteiger partial charge in [0, 0.05) is 6.54 Å². The van der Waals surface area contributed by atoms with Crippen molar-refractivity contribution in [1.29, 1.82) is 0 Å². The Morgan fingerprint density at radius 3 is 2.32 bits per heavy atom. The first-order valence-corrected chi connectivity index (χ1v) is 7.53. The van der Waals surface area contributed by atoms with Crippen LogP contribution in [-0.2, 0) is 0 Å². The number of hydrogen-bond acceptors (Lipinski definition) is 3. The molecule has 2 nitrogen and oxygen atoms in total. The maximum Gasteiger partial charge on any atom is 0.0682 e. The average Bonchev–Trinajstić information content (AvgIpc) is 2.28. The first-order valence-electron chi connectivity index (χ1n) is 7.12. The molecule has 0 aromatic carbocycles. The molecule has 0 saturated heterocycles. The molecule has 1 aliphatic rings. The molecule has 0 radical (unpaired) electrons. The van der Waals surface area contributed by atoms with Gasteiger partial charge >= 0.3 is 0 Å². The third-order valence-corrected chi connectivity index (χ3v) is 3.84. The molecule has 0 aromatic rings. The lowest BCUT2D eigenvalue weighted by Crippen LogP contribution is -2.36. The van der Waals surface area contributed by atoms with E-state index in [9.17, 15) is 0 Å². The van der Waals surface area contributed by atoms with E-state index in [2.05, 4.69) is 51.7 Å². The normalized spacial score (nSPS) is 16.1. The summed E-state index contributed by atoms with van der Waals surface area (Å²) < 4.78 is 0. The van der Waals surface area contributed by atoms with Crippen LogP contribution >= 0.6 is 12.2 Å². The molecular weight excluding hydrogens is 252 g/mol. The largest absolute Gasteiger partial charge is 0.384 e. The molecule has 0 saturated carbocycles. The number of rotatable bonds is 7. The van der Waals surface area contributed by atoms with Crippen LogP contribution in [0.15, 0.2) is 23.4 Å². The standard InChI is InChI=1S/C16H28N2S/c1-12-13(16(2,3)4)14(15(12)19)17-10-8-7-9-11-18(5)6/h17H,1,7-11H2,2-6H3. The molecule has 1 aliphatic carbocycles. The van der Waals surface area contributed by atoms with E-state index >= 15 is 0 Å². The summed E-state index contributed by atoms with van der Waals surface area (Å²) in [6.45, 7) is 12.9. The zero-order valence-corrected chi connectivity index (χ0v) is 13.9. The van der Waals surface area contributed by atoms with Gasteiger partial charge in [0.2, 0.25) is 0 Å². The maximum absolute atomic E-state index is 5.38. The van der Waals surface area contributed by atoms with Crippen LogP contribution in [0.25, 0.3) is 0 Å². The van der Waals surface area contributed by atoms with Gasteiger partial charge in [-0.15, -0.1) is 0 Å². The van der Waals surface area contributed by atoms with Gasteiger partial charge < -0.3 is 10.2 Å². The van der Waals surface area contributed by atoms with E-state index in [4.69, 9.17) is 12.2 Å². The Balaban J connectivity index is 2.38. The van der Waals surface area contributed by atoms with Gasteiger partial charge in [0.15, 0.2) is 0 Å². The second-order valence-corrected chi connectivity index (χ2v) is 7.01. The fraction of sp³-hybridized carbons (Fsp3) is 0.688. The Morgan fingerprint density at radius 1 is 1.16 bits per heavy atom. The summed E-state index contributed by atoms with van der Waals surface area (Å²) >= 11 is 5.38. The highest BCUT2D eigenvalue weighted by atomic mass is 32.1. The van der Waals surface area contributed by atoms with E-state index in [-0.39, 0.29) is 5.41 Å².